The van der Waals surface area contributed by atoms with Gasteiger partial charge in [-0.3, -0.25) is 9.79 Å². The largest absolute Gasteiger partial charge is 0.457 e. The Morgan fingerprint density at radius 3 is 2.34 bits per heavy atom. The Balaban J connectivity index is 0.00000363. The van der Waals surface area contributed by atoms with Crippen LogP contribution < -0.4 is 20.7 Å². The molecule has 1 amide bonds. The number of aliphatic imine (C=N–C) groups is 1. The summed E-state index contributed by atoms with van der Waals surface area (Å²) in [5.74, 6) is 2.25. The fourth-order valence-corrected chi connectivity index (χ4v) is 3.09. The van der Waals surface area contributed by atoms with Gasteiger partial charge < -0.3 is 20.7 Å². The molecule has 0 bridgehead atoms. The molecule has 3 N–H and O–H groups in total. The predicted molar refractivity (Wildman–Crippen MR) is 140 cm³/mol. The van der Waals surface area contributed by atoms with E-state index in [1.165, 1.54) is 0 Å². The Hall–Kier alpha value is -3.07. The summed E-state index contributed by atoms with van der Waals surface area (Å²) in [6, 6.07) is 25.3. The molecule has 0 spiro atoms. The first-order chi connectivity index (χ1) is 15.2. The molecular weight excluding hydrogens is 515 g/mol. The first-order valence-electron chi connectivity index (χ1n) is 10.3. The van der Waals surface area contributed by atoms with Crippen molar-refractivity contribution in [3.05, 3.63) is 95.6 Å². The lowest BCUT2D eigenvalue weighted by molar-refractivity contribution is 0.0963. The molecule has 32 heavy (non-hydrogen) atoms. The Morgan fingerprint density at radius 2 is 1.59 bits per heavy atom. The number of guanidine groups is 1. The summed E-state index contributed by atoms with van der Waals surface area (Å²) in [6.45, 7) is 1.33. The maximum atomic E-state index is 11.8. The van der Waals surface area contributed by atoms with Gasteiger partial charge in [0.25, 0.3) is 5.91 Å². The molecule has 0 aliphatic rings. The van der Waals surface area contributed by atoms with Gasteiger partial charge in [0.2, 0.25) is 0 Å². The van der Waals surface area contributed by atoms with Crippen LogP contribution in [0.5, 0.6) is 11.5 Å². The molecule has 0 aromatic heterocycles. The van der Waals surface area contributed by atoms with Crippen LogP contribution in [-0.4, -0.2) is 32.5 Å². The van der Waals surface area contributed by atoms with Gasteiger partial charge >= 0.3 is 0 Å². The molecule has 0 atom stereocenters. The van der Waals surface area contributed by atoms with Crippen molar-refractivity contribution < 1.29 is 9.53 Å². The number of halogens is 1. The third-order valence-corrected chi connectivity index (χ3v) is 4.68. The van der Waals surface area contributed by atoms with Crippen LogP contribution >= 0.6 is 24.0 Å². The van der Waals surface area contributed by atoms with Gasteiger partial charge in [0, 0.05) is 32.7 Å². The number of rotatable bonds is 8. The summed E-state index contributed by atoms with van der Waals surface area (Å²) >= 11 is 0. The number of carbonyl (C=O) groups is 1. The lowest BCUT2D eigenvalue weighted by atomic mass is 10.1. The summed E-state index contributed by atoms with van der Waals surface area (Å²) in [7, 11) is 3.38. The quantitative estimate of drug-likeness (QED) is 0.224. The molecule has 168 valence electrons. The van der Waals surface area contributed by atoms with E-state index in [1.54, 1.807) is 14.1 Å². The second-order valence-electron chi connectivity index (χ2n) is 6.94. The highest BCUT2D eigenvalue weighted by molar-refractivity contribution is 14.0. The molecule has 6 nitrogen and oxygen atoms in total. The van der Waals surface area contributed by atoms with Crippen molar-refractivity contribution in [2.75, 3.05) is 20.6 Å². The van der Waals surface area contributed by atoms with Crippen molar-refractivity contribution in [1.82, 2.24) is 16.0 Å². The third kappa shape index (κ3) is 7.88. The zero-order valence-corrected chi connectivity index (χ0v) is 20.6. The van der Waals surface area contributed by atoms with Crippen LogP contribution in [0.1, 0.15) is 21.5 Å². The number of hydrogen-bond donors (Lipinski definition) is 3. The summed E-state index contributed by atoms with van der Waals surface area (Å²) < 4.78 is 5.90. The van der Waals surface area contributed by atoms with Crippen LogP contribution in [0.3, 0.4) is 0 Å². The Labute approximate surface area is 206 Å². The lowest BCUT2D eigenvalue weighted by Crippen LogP contribution is -2.37. The number of nitrogens with zero attached hydrogens (tertiary/aromatic N) is 1. The highest BCUT2D eigenvalue weighted by Crippen LogP contribution is 2.21. The zero-order valence-electron chi connectivity index (χ0n) is 18.3. The summed E-state index contributed by atoms with van der Waals surface area (Å²) in [5, 5.41) is 9.28. The van der Waals surface area contributed by atoms with Crippen molar-refractivity contribution in [2.45, 2.75) is 13.0 Å². The van der Waals surface area contributed by atoms with E-state index in [9.17, 15) is 4.79 Å². The lowest BCUT2D eigenvalue weighted by Gasteiger charge is -2.13. The molecule has 0 aliphatic heterocycles. The number of ether oxygens (including phenoxy) is 1. The topological polar surface area (TPSA) is 74.8 Å². The number of nitrogens with one attached hydrogen (secondary N) is 3. The summed E-state index contributed by atoms with van der Waals surface area (Å²) in [5.41, 5.74) is 2.85. The first-order valence-corrected chi connectivity index (χ1v) is 10.3. The molecule has 3 aromatic carbocycles. The van der Waals surface area contributed by atoms with Crippen molar-refractivity contribution in [3.63, 3.8) is 0 Å². The SMILES string of the molecule is CN=C(NCCc1cccc(C(=O)NC)c1)NCc1cccc(Oc2ccccc2)c1.I. The Kier molecular flexibility index (Phi) is 10.5. The van der Waals surface area contributed by atoms with Gasteiger partial charge in [0.15, 0.2) is 5.96 Å². The monoisotopic (exact) mass is 544 g/mol. The van der Waals surface area contributed by atoms with E-state index in [0.29, 0.717) is 18.7 Å². The molecule has 0 unspecified atom stereocenters. The van der Waals surface area contributed by atoms with Crippen molar-refractivity contribution in [1.29, 1.82) is 0 Å². The number of hydrogen-bond acceptors (Lipinski definition) is 3. The summed E-state index contributed by atoms with van der Waals surface area (Å²) in [6.07, 6.45) is 0.784. The van der Waals surface area contributed by atoms with Gasteiger partial charge in [-0.2, -0.15) is 0 Å². The second kappa shape index (κ2) is 13.4. The van der Waals surface area contributed by atoms with Gasteiger partial charge in [0.05, 0.1) is 0 Å². The summed E-state index contributed by atoms with van der Waals surface area (Å²) in [4.78, 5) is 16.1. The molecule has 0 saturated carbocycles. The smallest absolute Gasteiger partial charge is 0.251 e. The van der Waals surface area contributed by atoms with Gasteiger partial charge in [-0.25, -0.2) is 0 Å². The maximum Gasteiger partial charge on any atom is 0.251 e. The van der Waals surface area contributed by atoms with E-state index in [0.717, 1.165) is 35.0 Å². The molecule has 0 radical (unpaired) electrons. The average molecular weight is 544 g/mol. The number of amides is 1. The minimum absolute atomic E-state index is 0. The van der Waals surface area contributed by atoms with Crippen molar-refractivity contribution in [2.24, 2.45) is 4.99 Å². The molecule has 7 heteroatoms. The fourth-order valence-electron chi connectivity index (χ4n) is 3.09. The minimum Gasteiger partial charge on any atom is -0.457 e. The first kappa shape index (κ1) is 25.2. The highest BCUT2D eigenvalue weighted by atomic mass is 127. The van der Waals surface area contributed by atoms with Crippen LogP contribution in [0, 0.1) is 0 Å². The van der Waals surface area contributed by atoms with E-state index in [1.807, 2.05) is 78.9 Å². The second-order valence-corrected chi connectivity index (χ2v) is 6.94. The standard InChI is InChI=1S/C25H28N4O2.HI/c1-26-24(30)21-10-6-8-19(16-21)14-15-28-25(27-2)29-18-20-9-7-13-23(17-20)31-22-11-4-3-5-12-22;/h3-13,16-17H,14-15,18H2,1-2H3,(H,26,30)(H2,27,28,29);1H. The molecule has 3 aromatic rings. The van der Waals surface area contributed by atoms with Crippen LogP contribution in [0.2, 0.25) is 0 Å². The third-order valence-electron chi connectivity index (χ3n) is 4.68. The van der Waals surface area contributed by atoms with Gasteiger partial charge in [-0.05, 0) is 53.9 Å². The van der Waals surface area contributed by atoms with E-state index in [2.05, 4.69) is 20.9 Å². The zero-order chi connectivity index (χ0) is 21.9. The van der Waals surface area contributed by atoms with Crippen LogP contribution in [-0.2, 0) is 13.0 Å². The van der Waals surface area contributed by atoms with Crippen LogP contribution in [0.25, 0.3) is 0 Å². The van der Waals surface area contributed by atoms with E-state index in [4.69, 9.17) is 4.74 Å². The van der Waals surface area contributed by atoms with Gasteiger partial charge in [0.1, 0.15) is 11.5 Å². The predicted octanol–water partition coefficient (Wildman–Crippen LogP) is 4.36. The van der Waals surface area contributed by atoms with Gasteiger partial charge in [-0.1, -0.05) is 42.5 Å². The van der Waals surface area contributed by atoms with E-state index in [-0.39, 0.29) is 29.9 Å². The maximum absolute atomic E-state index is 11.8. The fraction of sp³-hybridized carbons (Fsp3) is 0.200. The van der Waals surface area contributed by atoms with Crippen LogP contribution in [0.4, 0.5) is 0 Å². The van der Waals surface area contributed by atoms with E-state index >= 15 is 0 Å². The van der Waals surface area contributed by atoms with Crippen molar-refractivity contribution in [3.8, 4) is 11.5 Å². The molecule has 0 heterocycles. The molecule has 0 aliphatic carbocycles. The number of carbonyl (C=O) groups excluding carboxylic acids is 1. The minimum atomic E-state index is -0.0780. The number of para-hydroxylation sites is 1. The van der Waals surface area contributed by atoms with Crippen molar-refractivity contribution >= 4 is 35.8 Å². The normalized spacial score (nSPS) is 10.6. The Bertz CT molecular complexity index is 1030. The van der Waals surface area contributed by atoms with E-state index < -0.39 is 0 Å². The highest BCUT2D eigenvalue weighted by Gasteiger charge is 2.05. The number of benzene rings is 3. The van der Waals surface area contributed by atoms with Crippen LogP contribution in [0.15, 0.2) is 83.9 Å². The molecule has 0 saturated heterocycles. The Morgan fingerprint density at radius 1 is 0.875 bits per heavy atom. The molecular formula is C25H29IN4O2. The molecule has 0 fully saturated rings. The molecule has 3 rings (SSSR count). The average Bonchev–Trinajstić information content (AvgIpc) is 2.82. The van der Waals surface area contributed by atoms with Gasteiger partial charge in [-0.15, -0.1) is 24.0 Å².